The number of fused-ring (bicyclic) bond motifs is 5. The maximum atomic E-state index is 14.1. The summed E-state index contributed by atoms with van der Waals surface area (Å²) in [4.78, 5) is 56.2. The van der Waals surface area contributed by atoms with Crippen molar-refractivity contribution in [2.75, 3.05) is 18.0 Å². The van der Waals surface area contributed by atoms with Crippen LogP contribution in [0.1, 0.15) is 170 Å². The smallest absolute Gasteiger partial charge is 0.347 e. The van der Waals surface area contributed by atoms with Crippen LogP contribution in [0.5, 0.6) is 11.5 Å². The molecule has 0 spiro atoms. The number of esters is 1. The molecule has 1 fully saturated rings. The number of carbonyl (C=O) groups excluding carboxylic acids is 3. The third kappa shape index (κ3) is 7.76. The minimum atomic E-state index is -0.920. The van der Waals surface area contributed by atoms with Crippen molar-refractivity contribution in [2.45, 2.75) is 162 Å². The van der Waals surface area contributed by atoms with Gasteiger partial charge in [0.1, 0.15) is 34.0 Å². The normalized spacial score (nSPS) is 20.3. The lowest BCUT2D eigenvalue weighted by Crippen LogP contribution is -2.47. The van der Waals surface area contributed by atoms with Crippen LogP contribution in [0, 0.1) is 11.3 Å². The minimum Gasteiger partial charge on any atom is -0.487 e. The summed E-state index contributed by atoms with van der Waals surface area (Å²) in [6.07, 6.45) is 12.2. The molecule has 4 aliphatic rings. The van der Waals surface area contributed by atoms with Crippen molar-refractivity contribution >= 4 is 34.2 Å². The third-order valence-corrected chi connectivity index (χ3v) is 13.3. The van der Waals surface area contributed by atoms with Gasteiger partial charge in [0.2, 0.25) is 0 Å². The van der Waals surface area contributed by atoms with Crippen LogP contribution in [0.15, 0.2) is 33.5 Å². The zero-order chi connectivity index (χ0) is 39.3. The van der Waals surface area contributed by atoms with Crippen LogP contribution in [0.25, 0.3) is 11.0 Å². The van der Waals surface area contributed by atoms with Crippen LogP contribution >= 0.6 is 0 Å². The molecule has 2 atom stereocenters. The van der Waals surface area contributed by atoms with E-state index in [0.29, 0.717) is 42.8 Å². The molecule has 0 radical (unpaired) electrons. The Morgan fingerprint density at radius 1 is 0.927 bits per heavy atom. The zero-order valence-electron chi connectivity index (χ0n) is 34.3. The first-order chi connectivity index (χ1) is 26.1. The molecule has 55 heavy (non-hydrogen) atoms. The van der Waals surface area contributed by atoms with Gasteiger partial charge in [0, 0.05) is 66.4 Å². The van der Waals surface area contributed by atoms with E-state index in [0.717, 1.165) is 80.1 Å². The van der Waals surface area contributed by atoms with Gasteiger partial charge in [-0.05, 0) is 120 Å². The average molecular weight is 752 g/mol. The molecule has 1 aromatic heterocycles. The third-order valence-electron chi connectivity index (χ3n) is 13.3. The van der Waals surface area contributed by atoms with E-state index < -0.39 is 16.6 Å². The van der Waals surface area contributed by atoms with Gasteiger partial charge in [-0.2, -0.15) is 0 Å². The molecule has 0 amide bonds. The van der Waals surface area contributed by atoms with Gasteiger partial charge in [-0.1, -0.05) is 46.5 Å². The lowest BCUT2D eigenvalue weighted by molar-refractivity contribution is -0.144. The van der Waals surface area contributed by atoms with E-state index in [4.69, 9.17) is 13.9 Å². The Kier molecular flexibility index (Phi) is 10.9. The van der Waals surface area contributed by atoms with E-state index in [2.05, 4.69) is 51.7 Å². The van der Waals surface area contributed by atoms with Crippen molar-refractivity contribution < 1.29 is 28.3 Å². The number of unbranched alkanes of at least 4 members (excludes halogenated alkanes) is 3. The summed E-state index contributed by atoms with van der Waals surface area (Å²) in [5.41, 5.74) is 4.00. The van der Waals surface area contributed by atoms with Crippen LogP contribution in [0.2, 0.25) is 0 Å². The first kappa shape index (κ1) is 39.3. The maximum absolute atomic E-state index is 14.1. The van der Waals surface area contributed by atoms with Gasteiger partial charge in [0.15, 0.2) is 5.78 Å². The summed E-state index contributed by atoms with van der Waals surface area (Å²) >= 11 is 0. The van der Waals surface area contributed by atoms with Gasteiger partial charge < -0.3 is 18.8 Å². The number of nitrogens with zero attached hydrogens (tertiary/aromatic N) is 1. The van der Waals surface area contributed by atoms with Crippen molar-refractivity contribution in [2.24, 2.45) is 11.3 Å². The second-order valence-corrected chi connectivity index (χ2v) is 18.8. The second kappa shape index (κ2) is 15.2. The van der Waals surface area contributed by atoms with Gasteiger partial charge in [0.05, 0.1) is 5.41 Å². The predicted molar refractivity (Wildman–Crippen MR) is 217 cm³/mol. The van der Waals surface area contributed by atoms with E-state index in [1.165, 1.54) is 30.5 Å². The highest BCUT2D eigenvalue weighted by Crippen LogP contribution is 2.55. The molecular weight excluding hydrogens is 691 g/mol. The van der Waals surface area contributed by atoms with Crippen LogP contribution in [-0.4, -0.2) is 36.2 Å². The fourth-order valence-electron chi connectivity index (χ4n) is 9.97. The fourth-order valence-corrected chi connectivity index (χ4v) is 9.97. The summed E-state index contributed by atoms with van der Waals surface area (Å²) in [5.74, 6) is 0.795. The SMILES string of the molecule is CCCCCCC(C)(C)c1cc(OC(=O)C(C)(C)CCCC(=O)c2cc3cc4c5c(c3oc2=O)CCCN5CCC4)c2c(c1)OC(C)(C)[C@@H]1CCC(=O)C[C@@H]21. The molecule has 4 heterocycles. The largest absolute Gasteiger partial charge is 0.487 e. The molecule has 0 bridgehead atoms. The van der Waals surface area contributed by atoms with Crippen LogP contribution in [0.4, 0.5) is 5.69 Å². The molecular formula is C47H61NO7. The van der Waals surface area contributed by atoms with E-state index in [1.54, 1.807) is 6.07 Å². The van der Waals surface area contributed by atoms with E-state index in [1.807, 2.05) is 19.9 Å². The molecule has 7 rings (SSSR count). The van der Waals surface area contributed by atoms with Crippen molar-refractivity contribution in [3.05, 3.63) is 62.5 Å². The molecule has 0 unspecified atom stereocenters. The van der Waals surface area contributed by atoms with Crippen molar-refractivity contribution in [1.29, 1.82) is 0 Å². The summed E-state index contributed by atoms with van der Waals surface area (Å²) < 4.78 is 19.1. The monoisotopic (exact) mass is 751 g/mol. The summed E-state index contributed by atoms with van der Waals surface area (Å²) in [6.45, 7) is 16.7. The van der Waals surface area contributed by atoms with Gasteiger partial charge in [-0.3, -0.25) is 14.4 Å². The number of hydrogen-bond donors (Lipinski definition) is 0. The molecule has 0 N–H and O–H groups in total. The molecule has 8 heteroatoms. The van der Waals surface area contributed by atoms with Crippen LogP contribution < -0.4 is 20.0 Å². The number of carbonyl (C=O) groups is 3. The van der Waals surface area contributed by atoms with Gasteiger partial charge in [0.25, 0.3) is 0 Å². The Morgan fingerprint density at radius 3 is 2.45 bits per heavy atom. The Hall–Kier alpha value is -3.94. The lowest BCUT2D eigenvalue weighted by atomic mass is 9.66. The topological polar surface area (TPSA) is 103 Å². The summed E-state index contributed by atoms with van der Waals surface area (Å²) in [7, 11) is 0. The number of anilines is 1. The van der Waals surface area contributed by atoms with Crippen molar-refractivity contribution in [3.63, 3.8) is 0 Å². The molecule has 1 aliphatic carbocycles. The molecule has 1 saturated carbocycles. The summed E-state index contributed by atoms with van der Waals surface area (Å²) in [6, 6.07) is 7.98. The summed E-state index contributed by atoms with van der Waals surface area (Å²) in [5, 5.41) is 0.813. The molecule has 0 saturated heterocycles. The zero-order valence-corrected chi connectivity index (χ0v) is 34.3. The molecule has 2 aromatic carbocycles. The van der Waals surface area contributed by atoms with Crippen LogP contribution in [0.3, 0.4) is 0 Å². The Balaban J connectivity index is 1.10. The Bertz CT molecular complexity index is 2050. The molecule has 8 nitrogen and oxygen atoms in total. The minimum absolute atomic E-state index is 0.0729. The predicted octanol–water partition coefficient (Wildman–Crippen LogP) is 10.3. The number of hydrogen-bond acceptors (Lipinski definition) is 8. The highest BCUT2D eigenvalue weighted by Gasteiger charge is 2.48. The fraction of sp³-hybridized carbons (Fsp3) is 0.617. The lowest BCUT2D eigenvalue weighted by Gasteiger charge is -2.47. The molecule has 296 valence electrons. The van der Waals surface area contributed by atoms with E-state index in [9.17, 15) is 19.2 Å². The standard InChI is InChI=1S/C47H61NO7/c1-8-9-10-11-20-45(2,3)31-26-38(40-34-28-32(49)18-19-36(34)47(6,7)55-39(40)27-31)53-44(52)46(4,5)21-12-17-37(50)35-25-30-24-29-15-13-22-48-23-14-16-33(41(29)48)42(30)54-43(35)51/h24-27,34,36H,8-23,28H2,1-7H3/t34-,36-/m1/s1. The van der Waals surface area contributed by atoms with E-state index in [-0.39, 0.29) is 46.8 Å². The maximum Gasteiger partial charge on any atom is 0.347 e. The first-order valence-corrected chi connectivity index (χ1v) is 21.1. The Morgan fingerprint density at radius 2 is 1.69 bits per heavy atom. The number of rotatable bonds is 13. The number of ketones is 2. The highest BCUT2D eigenvalue weighted by atomic mass is 16.5. The number of ether oxygens (including phenoxy) is 2. The van der Waals surface area contributed by atoms with Gasteiger partial charge >= 0.3 is 11.6 Å². The second-order valence-electron chi connectivity index (χ2n) is 18.8. The number of benzene rings is 2. The Labute approximate surface area is 326 Å². The van der Waals surface area contributed by atoms with Gasteiger partial charge in [-0.15, -0.1) is 0 Å². The van der Waals surface area contributed by atoms with Gasteiger partial charge in [-0.25, -0.2) is 4.79 Å². The molecule has 3 aliphatic heterocycles. The quantitative estimate of drug-likeness (QED) is 0.0559. The van der Waals surface area contributed by atoms with Crippen molar-refractivity contribution in [1.82, 2.24) is 0 Å². The van der Waals surface area contributed by atoms with Crippen LogP contribution in [-0.2, 0) is 27.8 Å². The average Bonchev–Trinajstić information content (AvgIpc) is 3.13. The van der Waals surface area contributed by atoms with E-state index >= 15 is 0 Å². The highest BCUT2D eigenvalue weighted by molar-refractivity contribution is 5.99. The van der Waals surface area contributed by atoms with Crippen molar-refractivity contribution in [3.8, 4) is 11.5 Å². The molecule has 3 aromatic rings. The number of aryl methyl sites for hydroxylation is 2. The number of Topliss-reactive ketones (excluding diaryl/α,β-unsaturated/α-hetero) is 2. The first-order valence-electron chi connectivity index (χ1n) is 21.1.